The van der Waals surface area contributed by atoms with Gasteiger partial charge in [0.05, 0.1) is 0 Å². The molecule has 4 rings (SSSR count). The van der Waals surface area contributed by atoms with Crippen LogP contribution in [0.3, 0.4) is 0 Å². The Hall–Kier alpha value is -2.56. The van der Waals surface area contributed by atoms with E-state index in [1.807, 2.05) is 24.3 Å². The Morgan fingerprint density at radius 1 is 0.931 bits per heavy atom. The number of aliphatic hydroxyl groups is 1. The zero-order valence-electron chi connectivity index (χ0n) is 17.3. The number of aryl methyl sites for hydroxylation is 2. The number of aliphatic hydroxyl groups excluding tert-OH is 1. The lowest BCUT2D eigenvalue weighted by Crippen LogP contribution is -2.49. The van der Waals surface area contributed by atoms with E-state index in [2.05, 4.69) is 60.0 Å². The highest BCUT2D eigenvalue weighted by Crippen LogP contribution is 2.25. The molecule has 29 heavy (non-hydrogen) atoms. The third kappa shape index (κ3) is 4.72. The van der Waals surface area contributed by atoms with Crippen LogP contribution in [-0.2, 0) is 0 Å². The zero-order valence-corrected chi connectivity index (χ0v) is 17.3. The number of hydrogen-bond donors (Lipinski definition) is 1. The first kappa shape index (κ1) is 19.7. The first-order chi connectivity index (χ1) is 14.1. The number of ether oxygens (including phenoxy) is 1. The molecule has 1 saturated heterocycles. The van der Waals surface area contributed by atoms with E-state index in [0.717, 1.165) is 42.7 Å². The summed E-state index contributed by atoms with van der Waals surface area (Å²) in [7, 11) is 0. The third-order valence-electron chi connectivity index (χ3n) is 5.72. The van der Waals surface area contributed by atoms with Crippen LogP contribution < -0.4 is 9.64 Å². The normalized spacial score (nSPS) is 16.2. The van der Waals surface area contributed by atoms with Crippen LogP contribution in [0.25, 0.3) is 10.8 Å². The molecule has 1 unspecified atom stereocenters. The lowest BCUT2D eigenvalue weighted by atomic mass is 10.1. The molecule has 0 amide bonds. The summed E-state index contributed by atoms with van der Waals surface area (Å²) in [5.74, 6) is 0.835. The van der Waals surface area contributed by atoms with Crippen molar-refractivity contribution in [3.8, 4) is 5.75 Å². The molecule has 1 aliphatic rings. The van der Waals surface area contributed by atoms with E-state index in [1.165, 1.54) is 16.8 Å². The molecular formula is C25H30N2O2. The minimum absolute atomic E-state index is 0.311. The van der Waals surface area contributed by atoms with Gasteiger partial charge >= 0.3 is 0 Å². The van der Waals surface area contributed by atoms with Gasteiger partial charge in [0.1, 0.15) is 18.5 Å². The summed E-state index contributed by atoms with van der Waals surface area (Å²) < 4.78 is 5.95. The molecule has 1 atom stereocenters. The number of piperazine rings is 1. The fourth-order valence-corrected chi connectivity index (χ4v) is 4.19. The topological polar surface area (TPSA) is 35.9 Å². The molecular weight excluding hydrogens is 360 g/mol. The first-order valence-electron chi connectivity index (χ1n) is 10.4. The van der Waals surface area contributed by atoms with Crippen molar-refractivity contribution in [3.05, 3.63) is 71.8 Å². The highest BCUT2D eigenvalue weighted by molar-refractivity contribution is 5.88. The van der Waals surface area contributed by atoms with Crippen molar-refractivity contribution in [3.63, 3.8) is 0 Å². The van der Waals surface area contributed by atoms with Gasteiger partial charge in [0.25, 0.3) is 0 Å². The van der Waals surface area contributed by atoms with Crippen molar-refractivity contribution in [1.29, 1.82) is 0 Å². The predicted octanol–water partition coefficient (Wildman–Crippen LogP) is 4.02. The molecule has 0 aromatic heterocycles. The molecule has 3 aromatic carbocycles. The Morgan fingerprint density at radius 3 is 2.48 bits per heavy atom. The van der Waals surface area contributed by atoms with Gasteiger partial charge in [0.15, 0.2) is 0 Å². The van der Waals surface area contributed by atoms with Gasteiger partial charge in [-0.1, -0.05) is 54.1 Å². The van der Waals surface area contributed by atoms with E-state index >= 15 is 0 Å². The maximum Gasteiger partial charge on any atom is 0.127 e. The first-order valence-corrected chi connectivity index (χ1v) is 10.4. The van der Waals surface area contributed by atoms with Crippen LogP contribution in [-0.4, -0.2) is 55.4 Å². The monoisotopic (exact) mass is 390 g/mol. The molecule has 3 aromatic rings. The Labute approximate surface area is 173 Å². The molecule has 4 nitrogen and oxygen atoms in total. The van der Waals surface area contributed by atoms with E-state index < -0.39 is 6.10 Å². The minimum atomic E-state index is -0.498. The summed E-state index contributed by atoms with van der Waals surface area (Å²) in [4.78, 5) is 4.78. The van der Waals surface area contributed by atoms with E-state index in [-0.39, 0.29) is 0 Å². The van der Waals surface area contributed by atoms with Crippen LogP contribution in [0.1, 0.15) is 11.1 Å². The van der Waals surface area contributed by atoms with Crippen molar-refractivity contribution in [1.82, 2.24) is 4.90 Å². The van der Waals surface area contributed by atoms with Crippen molar-refractivity contribution in [2.75, 3.05) is 44.2 Å². The Kier molecular flexibility index (Phi) is 6.02. The summed E-state index contributed by atoms with van der Waals surface area (Å²) in [6, 6.07) is 20.9. The number of benzene rings is 3. The van der Waals surface area contributed by atoms with Crippen molar-refractivity contribution < 1.29 is 9.84 Å². The predicted molar refractivity (Wildman–Crippen MR) is 120 cm³/mol. The number of anilines is 1. The van der Waals surface area contributed by atoms with Crippen LogP contribution in [0.5, 0.6) is 5.75 Å². The van der Waals surface area contributed by atoms with E-state index in [4.69, 9.17) is 4.74 Å². The second kappa shape index (κ2) is 8.85. The maximum absolute atomic E-state index is 10.5. The Balaban J connectivity index is 1.28. The van der Waals surface area contributed by atoms with Crippen LogP contribution in [0.4, 0.5) is 5.69 Å². The van der Waals surface area contributed by atoms with Crippen LogP contribution in [0, 0.1) is 13.8 Å². The Bertz CT molecular complexity index is 959. The molecule has 0 saturated carbocycles. The van der Waals surface area contributed by atoms with Crippen molar-refractivity contribution in [2.24, 2.45) is 0 Å². The second-order valence-corrected chi connectivity index (χ2v) is 8.02. The highest BCUT2D eigenvalue weighted by atomic mass is 16.5. The SMILES string of the molecule is Cc1ccc(N2CCN(CC(O)COc3cccc4ccccc34)CC2)c(C)c1. The standard InChI is InChI=1S/C25H30N2O2/c1-19-10-11-24(20(2)16-19)27-14-12-26(13-15-27)17-22(28)18-29-25-9-5-7-21-6-3-4-8-23(21)25/h3-11,16,22,28H,12-15,17-18H2,1-2H3. The lowest BCUT2D eigenvalue weighted by molar-refractivity contribution is 0.0668. The van der Waals surface area contributed by atoms with Gasteiger partial charge in [-0.2, -0.15) is 0 Å². The fraction of sp³-hybridized carbons (Fsp3) is 0.360. The molecule has 4 heteroatoms. The molecule has 1 aliphatic heterocycles. The van der Waals surface area contributed by atoms with Gasteiger partial charge in [0.2, 0.25) is 0 Å². The highest BCUT2D eigenvalue weighted by Gasteiger charge is 2.20. The molecule has 1 N–H and O–H groups in total. The number of fused-ring (bicyclic) bond motifs is 1. The average Bonchev–Trinajstić information content (AvgIpc) is 2.73. The fourth-order valence-electron chi connectivity index (χ4n) is 4.19. The van der Waals surface area contributed by atoms with Crippen molar-refractivity contribution in [2.45, 2.75) is 20.0 Å². The molecule has 0 bridgehead atoms. The summed E-state index contributed by atoms with van der Waals surface area (Å²) in [5.41, 5.74) is 3.97. The quantitative estimate of drug-likeness (QED) is 0.690. The minimum Gasteiger partial charge on any atom is -0.490 e. The maximum atomic E-state index is 10.5. The number of hydrogen-bond acceptors (Lipinski definition) is 4. The zero-order chi connectivity index (χ0) is 20.2. The smallest absolute Gasteiger partial charge is 0.127 e. The summed E-state index contributed by atoms with van der Waals surface area (Å²) in [6.07, 6.45) is -0.498. The van der Waals surface area contributed by atoms with Crippen LogP contribution >= 0.6 is 0 Å². The molecule has 1 fully saturated rings. The molecule has 1 heterocycles. The molecule has 0 spiro atoms. The van der Waals surface area contributed by atoms with Crippen LogP contribution in [0.2, 0.25) is 0 Å². The summed E-state index contributed by atoms with van der Waals surface area (Å²) in [6.45, 7) is 9.16. The second-order valence-electron chi connectivity index (χ2n) is 8.02. The third-order valence-corrected chi connectivity index (χ3v) is 5.72. The summed E-state index contributed by atoms with van der Waals surface area (Å²) >= 11 is 0. The van der Waals surface area contributed by atoms with Gasteiger partial charge in [-0.25, -0.2) is 0 Å². The number of β-amino-alcohol motifs (C(OH)–C–C–N with tert-alkyl or cyclic N) is 1. The van der Waals surface area contributed by atoms with Gasteiger partial charge in [-0.05, 0) is 36.9 Å². The van der Waals surface area contributed by atoms with Gasteiger partial charge < -0.3 is 14.7 Å². The largest absolute Gasteiger partial charge is 0.490 e. The summed E-state index contributed by atoms with van der Waals surface area (Å²) in [5, 5.41) is 12.8. The molecule has 152 valence electrons. The lowest BCUT2D eigenvalue weighted by Gasteiger charge is -2.37. The van der Waals surface area contributed by atoms with E-state index in [1.54, 1.807) is 0 Å². The van der Waals surface area contributed by atoms with Gasteiger partial charge in [-0.3, -0.25) is 4.90 Å². The molecule has 0 radical (unpaired) electrons. The van der Waals surface area contributed by atoms with Crippen LogP contribution in [0.15, 0.2) is 60.7 Å². The molecule has 0 aliphatic carbocycles. The van der Waals surface area contributed by atoms with Crippen molar-refractivity contribution >= 4 is 16.5 Å². The average molecular weight is 391 g/mol. The van der Waals surface area contributed by atoms with E-state index in [0.29, 0.717) is 13.2 Å². The Morgan fingerprint density at radius 2 is 1.69 bits per heavy atom. The van der Waals surface area contributed by atoms with Gasteiger partial charge in [-0.15, -0.1) is 0 Å². The number of nitrogens with zero attached hydrogens (tertiary/aromatic N) is 2. The van der Waals surface area contributed by atoms with Gasteiger partial charge in [0, 0.05) is 43.8 Å². The number of rotatable bonds is 6. The van der Waals surface area contributed by atoms with E-state index in [9.17, 15) is 5.11 Å².